The molecule has 0 saturated carbocycles. The third-order valence-electron chi connectivity index (χ3n) is 2.82. The van der Waals surface area contributed by atoms with E-state index in [1.165, 1.54) is 17.4 Å². The molecule has 22 heavy (non-hydrogen) atoms. The van der Waals surface area contributed by atoms with E-state index >= 15 is 0 Å². The van der Waals surface area contributed by atoms with Crippen molar-refractivity contribution in [2.24, 2.45) is 0 Å². The molecule has 2 aromatic rings. The summed E-state index contributed by atoms with van der Waals surface area (Å²) < 4.78 is 13.7. The van der Waals surface area contributed by atoms with E-state index in [1.807, 2.05) is 0 Å². The first-order chi connectivity index (χ1) is 10.7. The van der Waals surface area contributed by atoms with Crippen LogP contribution in [0.3, 0.4) is 0 Å². The summed E-state index contributed by atoms with van der Waals surface area (Å²) in [6, 6.07) is 6.38. The minimum absolute atomic E-state index is 0.191. The second-order valence-electron chi connectivity index (χ2n) is 4.46. The Hall–Kier alpha value is -1.44. The van der Waals surface area contributed by atoms with Crippen molar-refractivity contribution in [3.63, 3.8) is 0 Å². The third kappa shape index (κ3) is 4.79. The van der Waals surface area contributed by atoms with Crippen LogP contribution < -0.4 is 5.32 Å². The van der Waals surface area contributed by atoms with Gasteiger partial charge in [0.25, 0.3) is 5.91 Å². The van der Waals surface area contributed by atoms with Gasteiger partial charge in [-0.25, -0.2) is 9.37 Å². The predicted molar refractivity (Wildman–Crippen MR) is 88.9 cm³/mol. The van der Waals surface area contributed by atoms with Crippen LogP contribution in [0, 0.1) is 5.82 Å². The molecule has 0 aliphatic carbocycles. The Balaban J connectivity index is 1.86. The van der Waals surface area contributed by atoms with Crippen LogP contribution >= 0.6 is 23.1 Å². The van der Waals surface area contributed by atoms with Gasteiger partial charge in [0.15, 0.2) is 0 Å². The van der Waals surface area contributed by atoms with Crippen molar-refractivity contribution in [1.29, 1.82) is 0 Å². The summed E-state index contributed by atoms with van der Waals surface area (Å²) in [5, 5.41) is 13.6. The topological polar surface area (TPSA) is 62.2 Å². The number of nitrogens with zero attached hydrogens (tertiary/aromatic N) is 1. The molecule has 0 saturated heterocycles. The van der Waals surface area contributed by atoms with Gasteiger partial charge in [-0.2, -0.15) is 11.8 Å². The van der Waals surface area contributed by atoms with E-state index in [9.17, 15) is 9.18 Å². The van der Waals surface area contributed by atoms with E-state index in [1.54, 1.807) is 35.3 Å². The minimum atomic E-state index is -0.343. The van der Waals surface area contributed by atoms with E-state index in [0.717, 1.165) is 17.9 Å². The summed E-state index contributed by atoms with van der Waals surface area (Å²) in [6.07, 6.45) is 0.761. The highest BCUT2D eigenvalue weighted by molar-refractivity contribution is 7.99. The maximum absolute atomic E-state index is 13.7. The lowest BCUT2D eigenvalue weighted by Crippen LogP contribution is -2.26. The molecule has 0 radical (unpaired) electrons. The molecule has 2 rings (SSSR count). The monoisotopic (exact) mass is 340 g/mol. The van der Waals surface area contributed by atoms with Crippen molar-refractivity contribution >= 4 is 29.0 Å². The van der Waals surface area contributed by atoms with Crippen LogP contribution in [0.5, 0.6) is 0 Å². The molecule has 1 heterocycles. The molecule has 2 N–H and O–H groups in total. The zero-order chi connectivity index (χ0) is 15.8. The fraction of sp³-hybridized carbons (Fsp3) is 0.333. The normalized spacial score (nSPS) is 10.6. The number of aliphatic hydroxyl groups is 1. The molecule has 1 aromatic carbocycles. The summed E-state index contributed by atoms with van der Waals surface area (Å²) in [7, 11) is 0. The van der Waals surface area contributed by atoms with Crippen LogP contribution in [0.25, 0.3) is 10.6 Å². The van der Waals surface area contributed by atoms with Crippen molar-refractivity contribution in [2.45, 2.75) is 6.42 Å². The van der Waals surface area contributed by atoms with E-state index in [0.29, 0.717) is 22.8 Å². The second kappa shape index (κ2) is 8.87. The Morgan fingerprint density at radius 2 is 2.18 bits per heavy atom. The van der Waals surface area contributed by atoms with Gasteiger partial charge in [0.2, 0.25) is 0 Å². The molecule has 1 amide bonds. The van der Waals surface area contributed by atoms with E-state index < -0.39 is 0 Å². The lowest BCUT2D eigenvalue weighted by atomic mass is 10.2. The van der Waals surface area contributed by atoms with Crippen molar-refractivity contribution in [3.8, 4) is 10.6 Å². The van der Waals surface area contributed by atoms with Gasteiger partial charge in [-0.15, -0.1) is 11.3 Å². The van der Waals surface area contributed by atoms with E-state index in [4.69, 9.17) is 5.11 Å². The Morgan fingerprint density at radius 1 is 1.36 bits per heavy atom. The summed E-state index contributed by atoms with van der Waals surface area (Å²) in [6.45, 7) is 0.735. The smallest absolute Gasteiger partial charge is 0.270 e. The Bertz CT molecular complexity index is 619. The maximum Gasteiger partial charge on any atom is 0.270 e. The molecule has 4 nitrogen and oxygen atoms in total. The molecular weight excluding hydrogens is 323 g/mol. The molecular formula is C15H17FN2O2S2. The SMILES string of the molecule is O=C(NCCSCCCO)c1csc(-c2ccccc2F)n1. The number of halogens is 1. The molecule has 0 atom stereocenters. The Kier molecular flexibility index (Phi) is 6.82. The zero-order valence-corrected chi connectivity index (χ0v) is 13.6. The third-order valence-corrected chi connectivity index (χ3v) is 4.77. The van der Waals surface area contributed by atoms with Gasteiger partial charge in [0.05, 0.1) is 0 Å². The van der Waals surface area contributed by atoms with E-state index in [-0.39, 0.29) is 18.3 Å². The molecule has 0 bridgehead atoms. The van der Waals surface area contributed by atoms with Crippen molar-refractivity contribution < 1.29 is 14.3 Å². The molecule has 0 spiro atoms. The highest BCUT2D eigenvalue weighted by Gasteiger charge is 2.13. The van der Waals surface area contributed by atoms with Gasteiger partial charge in [-0.05, 0) is 24.3 Å². The van der Waals surface area contributed by atoms with E-state index in [2.05, 4.69) is 10.3 Å². The number of thiazole rings is 1. The van der Waals surface area contributed by atoms with Crippen LogP contribution in [0.1, 0.15) is 16.9 Å². The van der Waals surface area contributed by atoms with Gasteiger partial charge in [0.1, 0.15) is 16.5 Å². The number of carbonyl (C=O) groups excluding carboxylic acids is 1. The number of aromatic nitrogens is 1. The van der Waals surface area contributed by atoms with Crippen LogP contribution in [-0.2, 0) is 0 Å². The number of thioether (sulfide) groups is 1. The molecule has 0 unspecified atom stereocenters. The number of benzene rings is 1. The largest absolute Gasteiger partial charge is 0.396 e. The standard InChI is InChI=1S/C15H17FN2O2S2/c16-12-5-2-1-4-11(12)15-18-13(10-22-15)14(20)17-6-9-21-8-3-7-19/h1-2,4-5,10,19H,3,6-9H2,(H,17,20). The van der Waals surface area contributed by atoms with Gasteiger partial charge in [0, 0.05) is 29.8 Å². The number of rotatable bonds is 8. The highest BCUT2D eigenvalue weighted by atomic mass is 32.2. The van der Waals surface area contributed by atoms with Crippen molar-refractivity contribution in [1.82, 2.24) is 10.3 Å². The molecule has 1 aromatic heterocycles. The fourth-order valence-corrected chi connectivity index (χ4v) is 3.34. The number of nitrogens with one attached hydrogen (secondary N) is 1. The maximum atomic E-state index is 13.7. The summed E-state index contributed by atoms with van der Waals surface area (Å²) >= 11 is 2.93. The van der Waals surface area contributed by atoms with Crippen LogP contribution in [0.15, 0.2) is 29.6 Å². The molecule has 0 aliphatic rings. The molecule has 0 fully saturated rings. The second-order valence-corrected chi connectivity index (χ2v) is 6.55. The number of hydrogen-bond acceptors (Lipinski definition) is 5. The molecule has 118 valence electrons. The quantitative estimate of drug-likeness (QED) is 0.726. The number of aliphatic hydroxyl groups excluding tert-OH is 1. The minimum Gasteiger partial charge on any atom is -0.396 e. The zero-order valence-electron chi connectivity index (χ0n) is 11.9. The van der Waals surface area contributed by atoms with Gasteiger partial charge in [-0.3, -0.25) is 4.79 Å². The van der Waals surface area contributed by atoms with Crippen molar-refractivity contribution in [2.75, 3.05) is 24.7 Å². The lowest BCUT2D eigenvalue weighted by molar-refractivity contribution is 0.0952. The number of carbonyl (C=O) groups is 1. The molecule has 0 aliphatic heterocycles. The Morgan fingerprint density at radius 3 is 2.95 bits per heavy atom. The van der Waals surface area contributed by atoms with Gasteiger partial charge in [-0.1, -0.05) is 12.1 Å². The van der Waals surface area contributed by atoms with Crippen LogP contribution in [-0.4, -0.2) is 40.7 Å². The average Bonchev–Trinajstić information content (AvgIpc) is 3.01. The summed E-state index contributed by atoms with van der Waals surface area (Å²) in [5.41, 5.74) is 0.717. The summed E-state index contributed by atoms with van der Waals surface area (Å²) in [5.74, 6) is 1.07. The van der Waals surface area contributed by atoms with Crippen LogP contribution in [0.4, 0.5) is 4.39 Å². The number of amides is 1. The number of hydrogen-bond donors (Lipinski definition) is 2. The highest BCUT2D eigenvalue weighted by Crippen LogP contribution is 2.25. The lowest BCUT2D eigenvalue weighted by Gasteiger charge is -2.03. The van der Waals surface area contributed by atoms with Crippen molar-refractivity contribution in [3.05, 3.63) is 41.2 Å². The Labute approximate surface area is 136 Å². The fourth-order valence-electron chi connectivity index (χ4n) is 1.73. The molecule has 7 heteroatoms. The first-order valence-electron chi connectivity index (χ1n) is 6.89. The first-order valence-corrected chi connectivity index (χ1v) is 8.93. The summed E-state index contributed by atoms with van der Waals surface area (Å²) in [4.78, 5) is 16.1. The van der Waals surface area contributed by atoms with Gasteiger partial charge < -0.3 is 10.4 Å². The van der Waals surface area contributed by atoms with Gasteiger partial charge >= 0.3 is 0 Å². The van der Waals surface area contributed by atoms with Crippen LogP contribution in [0.2, 0.25) is 0 Å². The average molecular weight is 340 g/mol. The predicted octanol–water partition coefficient (Wildman–Crippen LogP) is 2.79. The first kappa shape index (κ1) is 16.9.